The number of carbonyl (C=O) groups excluding carboxylic acids is 1. The molecule has 0 aliphatic rings. The molecule has 0 saturated heterocycles. The van der Waals surface area contributed by atoms with E-state index in [2.05, 4.69) is 27.9 Å². The average Bonchev–Trinajstić information content (AvgIpc) is 2.33. The molecule has 1 aromatic rings. The number of alkyl halides is 1. The Morgan fingerprint density at radius 1 is 1.11 bits per heavy atom. The van der Waals surface area contributed by atoms with E-state index >= 15 is 0 Å². The lowest BCUT2D eigenvalue weighted by Gasteiger charge is -2.06. The molecule has 0 saturated carbocycles. The molecule has 1 amide bonds. The number of carbonyl (C=O) groups is 1. The Kier molecular flexibility index (Phi) is 7.15. The number of rotatable bonds is 7. The molecule has 0 aliphatic heterocycles. The number of nitrogens with one attached hydrogen (secondary N) is 1. The summed E-state index contributed by atoms with van der Waals surface area (Å²) >= 11 is 2.32. The lowest BCUT2D eigenvalue weighted by Crippen LogP contribution is -2.26. The molecule has 100 valence electrons. The van der Waals surface area contributed by atoms with Crippen LogP contribution in [-0.4, -0.2) is 16.9 Å². The van der Waals surface area contributed by atoms with Gasteiger partial charge in [0.05, 0.1) is 0 Å². The summed E-state index contributed by atoms with van der Waals surface area (Å²) in [5.74, 6) is -2.32. The highest BCUT2D eigenvalue weighted by Crippen LogP contribution is 2.11. The van der Waals surface area contributed by atoms with Gasteiger partial charge in [0.15, 0.2) is 0 Å². The third kappa shape index (κ3) is 4.88. The second kappa shape index (κ2) is 8.39. The Labute approximate surface area is 119 Å². The van der Waals surface area contributed by atoms with Crippen molar-refractivity contribution in [1.29, 1.82) is 0 Å². The highest BCUT2D eigenvalue weighted by Gasteiger charge is 2.15. The molecule has 1 N–H and O–H groups in total. The minimum absolute atomic E-state index is 0.452. The molecule has 0 bridgehead atoms. The SMILES string of the molecule is O=C(NCCCCCCI)c1c(F)cccc1F. The van der Waals surface area contributed by atoms with E-state index in [9.17, 15) is 13.6 Å². The normalized spacial score (nSPS) is 10.4. The minimum atomic E-state index is -0.822. The van der Waals surface area contributed by atoms with E-state index in [1.54, 1.807) is 0 Å². The van der Waals surface area contributed by atoms with Crippen LogP contribution < -0.4 is 5.32 Å². The van der Waals surface area contributed by atoms with Crippen LogP contribution in [0.5, 0.6) is 0 Å². The van der Waals surface area contributed by atoms with E-state index in [0.29, 0.717) is 6.54 Å². The van der Waals surface area contributed by atoms with Gasteiger partial charge < -0.3 is 5.32 Å². The molecular weight excluding hydrogens is 351 g/mol. The second-order valence-electron chi connectivity index (χ2n) is 3.96. The molecule has 0 aromatic heterocycles. The predicted octanol–water partition coefficient (Wildman–Crippen LogP) is 3.69. The van der Waals surface area contributed by atoms with E-state index in [4.69, 9.17) is 0 Å². The van der Waals surface area contributed by atoms with Gasteiger partial charge in [-0.25, -0.2) is 8.78 Å². The van der Waals surface area contributed by atoms with Crippen LogP contribution in [0.15, 0.2) is 18.2 Å². The summed E-state index contributed by atoms with van der Waals surface area (Å²) in [6, 6.07) is 3.41. The molecule has 1 rings (SSSR count). The summed E-state index contributed by atoms with van der Waals surface area (Å²) in [5.41, 5.74) is -0.496. The zero-order valence-corrected chi connectivity index (χ0v) is 12.2. The third-order valence-electron chi connectivity index (χ3n) is 2.54. The molecule has 1 aromatic carbocycles. The molecule has 2 nitrogen and oxygen atoms in total. The van der Waals surface area contributed by atoms with Crippen LogP contribution in [0.2, 0.25) is 0 Å². The van der Waals surface area contributed by atoms with E-state index < -0.39 is 23.1 Å². The summed E-state index contributed by atoms with van der Waals surface area (Å²) in [5, 5.41) is 2.54. The summed E-state index contributed by atoms with van der Waals surface area (Å²) in [6.45, 7) is 0.452. The molecule has 0 radical (unpaired) electrons. The summed E-state index contributed by atoms with van der Waals surface area (Å²) < 4.78 is 27.7. The van der Waals surface area contributed by atoms with Crippen LogP contribution in [-0.2, 0) is 0 Å². The van der Waals surface area contributed by atoms with Crippen LogP contribution in [0.25, 0.3) is 0 Å². The Morgan fingerprint density at radius 3 is 2.33 bits per heavy atom. The predicted molar refractivity (Wildman–Crippen MR) is 76.0 cm³/mol. The van der Waals surface area contributed by atoms with Crippen molar-refractivity contribution in [3.05, 3.63) is 35.4 Å². The lowest BCUT2D eigenvalue weighted by atomic mass is 10.1. The Bertz CT molecular complexity index is 378. The monoisotopic (exact) mass is 367 g/mol. The number of hydrogen-bond donors (Lipinski definition) is 1. The van der Waals surface area contributed by atoms with Crippen LogP contribution in [0.4, 0.5) is 8.78 Å². The van der Waals surface area contributed by atoms with Gasteiger partial charge in [0.1, 0.15) is 17.2 Å². The van der Waals surface area contributed by atoms with Crippen LogP contribution in [0.3, 0.4) is 0 Å². The maximum atomic E-state index is 13.3. The number of amides is 1. The smallest absolute Gasteiger partial charge is 0.257 e. The van der Waals surface area contributed by atoms with Gasteiger partial charge in [0, 0.05) is 6.54 Å². The van der Waals surface area contributed by atoms with Crippen molar-refractivity contribution in [3.63, 3.8) is 0 Å². The van der Waals surface area contributed by atoms with Gasteiger partial charge in [0.25, 0.3) is 5.91 Å². The molecular formula is C13H16F2INO. The van der Waals surface area contributed by atoms with Crippen molar-refractivity contribution >= 4 is 28.5 Å². The molecule has 5 heteroatoms. The van der Waals surface area contributed by atoms with Crippen LogP contribution in [0, 0.1) is 11.6 Å². The Balaban J connectivity index is 2.37. The standard InChI is InChI=1S/C13H16F2INO/c14-10-6-5-7-11(15)12(10)13(18)17-9-4-2-1-3-8-16/h5-7H,1-4,8-9H2,(H,17,18). The quantitative estimate of drug-likeness (QED) is 0.445. The van der Waals surface area contributed by atoms with Crippen molar-refractivity contribution in [3.8, 4) is 0 Å². The van der Waals surface area contributed by atoms with Crippen LogP contribution in [0.1, 0.15) is 36.0 Å². The first kappa shape index (κ1) is 15.3. The molecule has 0 unspecified atom stereocenters. The van der Waals surface area contributed by atoms with Gasteiger partial charge >= 0.3 is 0 Å². The van der Waals surface area contributed by atoms with Crippen molar-refractivity contribution in [2.24, 2.45) is 0 Å². The highest BCUT2D eigenvalue weighted by atomic mass is 127. The molecule has 0 aliphatic carbocycles. The number of hydrogen-bond acceptors (Lipinski definition) is 1. The maximum Gasteiger partial charge on any atom is 0.257 e. The van der Waals surface area contributed by atoms with Gasteiger partial charge in [-0.15, -0.1) is 0 Å². The van der Waals surface area contributed by atoms with Crippen molar-refractivity contribution in [1.82, 2.24) is 5.32 Å². The molecule has 18 heavy (non-hydrogen) atoms. The summed E-state index contributed by atoms with van der Waals surface area (Å²) in [6.07, 6.45) is 4.13. The zero-order valence-electron chi connectivity index (χ0n) is 10.0. The lowest BCUT2D eigenvalue weighted by molar-refractivity contribution is 0.0944. The minimum Gasteiger partial charge on any atom is -0.352 e. The molecule has 0 atom stereocenters. The number of halogens is 3. The highest BCUT2D eigenvalue weighted by molar-refractivity contribution is 14.1. The number of benzene rings is 1. The second-order valence-corrected chi connectivity index (χ2v) is 5.03. The van der Waals surface area contributed by atoms with Crippen molar-refractivity contribution in [2.75, 3.05) is 11.0 Å². The maximum absolute atomic E-state index is 13.3. The topological polar surface area (TPSA) is 29.1 Å². The van der Waals surface area contributed by atoms with E-state index in [-0.39, 0.29) is 0 Å². The van der Waals surface area contributed by atoms with Gasteiger partial charge in [-0.1, -0.05) is 41.5 Å². The summed E-state index contributed by atoms with van der Waals surface area (Å²) in [4.78, 5) is 11.6. The average molecular weight is 367 g/mol. The fourth-order valence-corrected chi connectivity index (χ4v) is 2.12. The van der Waals surface area contributed by atoms with Gasteiger partial charge in [-0.05, 0) is 29.4 Å². The fourth-order valence-electron chi connectivity index (χ4n) is 1.58. The largest absolute Gasteiger partial charge is 0.352 e. The molecule has 0 spiro atoms. The fraction of sp³-hybridized carbons (Fsp3) is 0.462. The first-order valence-corrected chi connectivity index (χ1v) is 7.47. The zero-order chi connectivity index (χ0) is 13.4. The Hall–Kier alpha value is -0.720. The van der Waals surface area contributed by atoms with Gasteiger partial charge in [-0.3, -0.25) is 4.79 Å². The van der Waals surface area contributed by atoms with Crippen molar-refractivity contribution < 1.29 is 13.6 Å². The number of unbranched alkanes of at least 4 members (excludes halogenated alkanes) is 3. The molecule has 0 heterocycles. The van der Waals surface area contributed by atoms with E-state index in [1.165, 1.54) is 6.07 Å². The van der Waals surface area contributed by atoms with E-state index in [1.807, 2.05) is 0 Å². The van der Waals surface area contributed by atoms with E-state index in [0.717, 1.165) is 42.2 Å². The first-order valence-electron chi connectivity index (χ1n) is 5.95. The summed E-state index contributed by atoms with van der Waals surface area (Å²) in [7, 11) is 0. The third-order valence-corrected chi connectivity index (χ3v) is 3.30. The Morgan fingerprint density at radius 2 is 1.72 bits per heavy atom. The van der Waals surface area contributed by atoms with Crippen LogP contribution >= 0.6 is 22.6 Å². The first-order chi connectivity index (χ1) is 8.66. The van der Waals surface area contributed by atoms with Crippen molar-refractivity contribution in [2.45, 2.75) is 25.7 Å². The van der Waals surface area contributed by atoms with Gasteiger partial charge in [-0.2, -0.15) is 0 Å². The molecule has 0 fully saturated rings. The van der Waals surface area contributed by atoms with Gasteiger partial charge in [0.2, 0.25) is 0 Å².